The standard InChI is InChI=1S/C16H23NO3/c1-12-5-7-14(8-6-12)13(2)17-10-9-15(4-3-11-18)20-16(17)19/h5-8,13,15,18H,3-4,9-11H2,1-2H3. The minimum Gasteiger partial charge on any atom is -0.446 e. The van der Waals surface area contributed by atoms with E-state index in [1.165, 1.54) is 5.56 Å². The maximum atomic E-state index is 12.1. The number of rotatable bonds is 5. The number of benzene rings is 1. The van der Waals surface area contributed by atoms with Crippen LogP contribution < -0.4 is 0 Å². The van der Waals surface area contributed by atoms with Crippen molar-refractivity contribution < 1.29 is 14.6 Å². The number of ether oxygens (including phenoxy) is 1. The summed E-state index contributed by atoms with van der Waals surface area (Å²) in [5.74, 6) is 0. The van der Waals surface area contributed by atoms with Gasteiger partial charge in [0, 0.05) is 19.6 Å². The molecule has 2 atom stereocenters. The minimum absolute atomic E-state index is 0.0295. The molecule has 0 aliphatic carbocycles. The third kappa shape index (κ3) is 3.51. The predicted octanol–water partition coefficient (Wildman–Crippen LogP) is 3.04. The molecule has 1 aromatic carbocycles. The summed E-state index contributed by atoms with van der Waals surface area (Å²) >= 11 is 0. The van der Waals surface area contributed by atoms with E-state index in [1.807, 2.05) is 6.92 Å². The molecule has 0 aromatic heterocycles. The maximum absolute atomic E-state index is 12.1. The number of hydrogen-bond acceptors (Lipinski definition) is 3. The molecule has 1 aromatic rings. The number of aliphatic hydroxyl groups excluding tert-OH is 1. The average Bonchev–Trinajstić information content (AvgIpc) is 2.45. The lowest BCUT2D eigenvalue weighted by Crippen LogP contribution is -2.43. The van der Waals surface area contributed by atoms with Crippen molar-refractivity contribution >= 4 is 6.09 Å². The highest BCUT2D eigenvalue weighted by atomic mass is 16.6. The van der Waals surface area contributed by atoms with Gasteiger partial charge in [-0.05, 0) is 32.3 Å². The van der Waals surface area contributed by atoms with E-state index in [-0.39, 0.29) is 24.8 Å². The van der Waals surface area contributed by atoms with E-state index in [9.17, 15) is 4.79 Å². The lowest BCUT2D eigenvalue weighted by Gasteiger charge is -2.35. The van der Waals surface area contributed by atoms with Gasteiger partial charge in [0.25, 0.3) is 0 Å². The average molecular weight is 277 g/mol. The van der Waals surface area contributed by atoms with Crippen LogP contribution in [0.4, 0.5) is 4.79 Å². The van der Waals surface area contributed by atoms with E-state index in [4.69, 9.17) is 9.84 Å². The fourth-order valence-corrected chi connectivity index (χ4v) is 2.54. The lowest BCUT2D eigenvalue weighted by molar-refractivity contribution is 0.00760. The van der Waals surface area contributed by atoms with E-state index in [1.54, 1.807) is 4.90 Å². The first-order chi connectivity index (χ1) is 9.61. The predicted molar refractivity (Wildman–Crippen MR) is 77.5 cm³/mol. The summed E-state index contributed by atoms with van der Waals surface area (Å²) in [6.45, 7) is 4.94. The Morgan fingerprint density at radius 3 is 2.70 bits per heavy atom. The van der Waals surface area contributed by atoms with Crippen LogP contribution in [-0.4, -0.2) is 35.4 Å². The van der Waals surface area contributed by atoms with Crippen LogP contribution in [0.2, 0.25) is 0 Å². The molecule has 1 fully saturated rings. The molecule has 1 amide bonds. The van der Waals surface area contributed by atoms with Gasteiger partial charge in [-0.2, -0.15) is 0 Å². The van der Waals surface area contributed by atoms with E-state index in [2.05, 4.69) is 31.2 Å². The molecule has 2 rings (SSSR count). The smallest absolute Gasteiger partial charge is 0.410 e. The van der Waals surface area contributed by atoms with Gasteiger partial charge in [0.1, 0.15) is 6.10 Å². The second-order valence-corrected chi connectivity index (χ2v) is 5.44. The van der Waals surface area contributed by atoms with Crippen molar-refractivity contribution in [2.45, 2.75) is 45.3 Å². The van der Waals surface area contributed by atoms with Crippen LogP contribution >= 0.6 is 0 Å². The van der Waals surface area contributed by atoms with Crippen LogP contribution in [0.1, 0.15) is 43.4 Å². The van der Waals surface area contributed by atoms with Crippen LogP contribution in [0.5, 0.6) is 0 Å². The molecule has 1 aliphatic heterocycles. The first-order valence-corrected chi connectivity index (χ1v) is 7.26. The summed E-state index contributed by atoms with van der Waals surface area (Å²) in [4.78, 5) is 13.9. The third-order valence-electron chi connectivity index (χ3n) is 3.91. The van der Waals surface area contributed by atoms with Crippen molar-refractivity contribution in [2.24, 2.45) is 0 Å². The molecule has 20 heavy (non-hydrogen) atoms. The van der Waals surface area contributed by atoms with Gasteiger partial charge in [-0.1, -0.05) is 29.8 Å². The number of hydrogen-bond donors (Lipinski definition) is 1. The Hall–Kier alpha value is -1.55. The summed E-state index contributed by atoms with van der Waals surface area (Å²) in [7, 11) is 0. The van der Waals surface area contributed by atoms with Crippen LogP contribution in [-0.2, 0) is 4.74 Å². The molecule has 4 heteroatoms. The van der Waals surface area contributed by atoms with Gasteiger partial charge in [0.2, 0.25) is 0 Å². The number of cyclic esters (lactones) is 1. The second kappa shape index (κ2) is 6.75. The Kier molecular flexibility index (Phi) is 5.01. The Bertz CT molecular complexity index is 444. The summed E-state index contributed by atoms with van der Waals surface area (Å²) in [6, 6.07) is 8.27. The number of amides is 1. The lowest BCUT2D eigenvalue weighted by atomic mass is 10.0. The summed E-state index contributed by atoms with van der Waals surface area (Å²) in [6.07, 6.45) is 1.98. The molecule has 1 heterocycles. The Balaban J connectivity index is 1.96. The van der Waals surface area contributed by atoms with Crippen molar-refractivity contribution in [1.29, 1.82) is 0 Å². The Labute approximate surface area is 120 Å². The normalized spacial score (nSPS) is 20.6. The molecular formula is C16H23NO3. The van der Waals surface area contributed by atoms with Gasteiger partial charge < -0.3 is 14.7 Å². The van der Waals surface area contributed by atoms with Gasteiger partial charge in [-0.3, -0.25) is 0 Å². The number of aliphatic hydroxyl groups is 1. The molecule has 1 N–H and O–H groups in total. The molecule has 1 saturated heterocycles. The molecule has 110 valence electrons. The van der Waals surface area contributed by atoms with Crippen LogP contribution in [0, 0.1) is 6.92 Å². The number of carbonyl (C=O) groups excluding carboxylic acids is 1. The van der Waals surface area contributed by atoms with Crippen LogP contribution in [0.25, 0.3) is 0 Å². The minimum atomic E-state index is -0.243. The first kappa shape index (κ1) is 14.9. The highest BCUT2D eigenvalue weighted by Crippen LogP contribution is 2.26. The molecule has 1 aliphatic rings. The van der Waals surface area contributed by atoms with Crippen LogP contribution in [0.15, 0.2) is 24.3 Å². The zero-order valence-electron chi connectivity index (χ0n) is 12.2. The molecular weight excluding hydrogens is 254 g/mol. The van der Waals surface area contributed by atoms with Crippen molar-refractivity contribution in [1.82, 2.24) is 4.90 Å². The molecule has 0 saturated carbocycles. The van der Waals surface area contributed by atoms with Gasteiger partial charge in [0.15, 0.2) is 0 Å². The summed E-state index contributed by atoms with van der Waals surface area (Å²) < 4.78 is 5.44. The Morgan fingerprint density at radius 2 is 2.10 bits per heavy atom. The van der Waals surface area contributed by atoms with E-state index in [0.29, 0.717) is 13.0 Å². The molecule has 0 spiro atoms. The molecule has 4 nitrogen and oxygen atoms in total. The van der Waals surface area contributed by atoms with E-state index in [0.717, 1.165) is 18.4 Å². The maximum Gasteiger partial charge on any atom is 0.410 e. The fourth-order valence-electron chi connectivity index (χ4n) is 2.54. The highest BCUT2D eigenvalue weighted by Gasteiger charge is 2.30. The summed E-state index contributed by atoms with van der Waals surface area (Å²) in [5.41, 5.74) is 2.34. The summed E-state index contributed by atoms with van der Waals surface area (Å²) in [5, 5.41) is 8.82. The molecule has 0 radical (unpaired) electrons. The second-order valence-electron chi connectivity index (χ2n) is 5.44. The number of carbonyl (C=O) groups is 1. The molecule has 2 unspecified atom stereocenters. The van der Waals surface area contributed by atoms with Crippen molar-refractivity contribution in [3.63, 3.8) is 0 Å². The SMILES string of the molecule is Cc1ccc(C(C)N2CCC(CCCO)OC2=O)cc1. The van der Waals surface area contributed by atoms with Gasteiger partial charge in [-0.25, -0.2) is 4.79 Å². The Morgan fingerprint density at radius 1 is 1.40 bits per heavy atom. The van der Waals surface area contributed by atoms with E-state index >= 15 is 0 Å². The molecule has 0 bridgehead atoms. The first-order valence-electron chi connectivity index (χ1n) is 7.26. The van der Waals surface area contributed by atoms with Gasteiger partial charge in [-0.15, -0.1) is 0 Å². The third-order valence-corrected chi connectivity index (χ3v) is 3.91. The number of nitrogens with zero attached hydrogens (tertiary/aromatic N) is 1. The van der Waals surface area contributed by atoms with Gasteiger partial charge in [0.05, 0.1) is 6.04 Å². The van der Waals surface area contributed by atoms with Crippen LogP contribution in [0.3, 0.4) is 0 Å². The number of aryl methyl sites for hydroxylation is 1. The fraction of sp³-hybridized carbons (Fsp3) is 0.562. The van der Waals surface area contributed by atoms with Gasteiger partial charge >= 0.3 is 6.09 Å². The quantitative estimate of drug-likeness (QED) is 0.900. The largest absolute Gasteiger partial charge is 0.446 e. The zero-order chi connectivity index (χ0) is 14.5. The monoisotopic (exact) mass is 277 g/mol. The highest BCUT2D eigenvalue weighted by molar-refractivity contribution is 5.69. The van der Waals surface area contributed by atoms with E-state index < -0.39 is 0 Å². The van der Waals surface area contributed by atoms with Crippen molar-refractivity contribution in [3.05, 3.63) is 35.4 Å². The van der Waals surface area contributed by atoms with Crippen molar-refractivity contribution in [3.8, 4) is 0 Å². The topological polar surface area (TPSA) is 49.8 Å². The zero-order valence-corrected chi connectivity index (χ0v) is 12.2. The van der Waals surface area contributed by atoms with Crippen molar-refractivity contribution in [2.75, 3.05) is 13.2 Å².